The Hall–Kier alpha value is -1.24. The van der Waals surface area contributed by atoms with Crippen molar-refractivity contribution in [1.29, 1.82) is 5.26 Å². The first kappa shape index (κ1) is 9.85. The summed E-state index contributed by atoms with van der Waals surface area (Å²) in [4.78, 5) is 13.1. The first-order chi connectivity index (χ1) is 6.27. The van der Waals surface area contributed by atoms with Gasteiger partial charge in [0.2, 0.25) is 0 Å². The predicted molar refractivity (Wildman–Crippen MR) is 49.0 cm³/mol. The van der Waals surface area contributed by atoms with Crippen LogP contribution in [0.1, 0.15) is 26.2 Å². The molecule has 0 aromatic carbocycles. The molecule has 0 bridgehead atoms. The van der Waals surface area contributed by atoms with E-state index in [1.165, 1.54) is 0 Å². The molecule has 4 nitrogen and oxygen atoms in total. The fourth-order valence-corrected chi connectivity index (χ4v) is 1.08. The van der Waals surface area contributed by atoms with Crippen LogP contribution in [0.3, 0.4) is 0 Å². The van der Waals surface area contributed by atoms with Crippen molar-refractivity contribution in [2.75, 3.05) is 13.1 Å². The maximum Gasteiger partial charge on any atom is 0.317 e. The summed E-state index contributed by atoms with van der Waals surface area (Å²) in [6, 6.07) is 2.40. The second-order valence-electron chi connectivity index (χ2n) is 3.21. The smallest absolute Gasteiger partial charge is 0.317 e. The van der Waals surface area contributed by atoms with Crippen LogP contribution in [-0.4, -0.2) is 30.1 Å². The molecule has 1 fully saturated rings. The Labute approximate surface area is 78.5 Å². The zero-order valence-corrected chi connectivity index (χ0v) is 7.92. The fraction of sp³-hybridized carbons (Fsp3) is 0.778. The molecule has 0 unspecified atom stereocenters. The molecule has 0 spiro atoms. The Bertz CT molecular complexity index is 217. The topological polar surface area (TPSA) is 56.1 Å². The van der Waals surface area contributed by atoms with Gasteiger partial charge < -0.3 is 10.2 Å². The summed E-state index contributed by atoms with van der Waals surface area (Å²) in [5, 5.41) is 11.3. The molecule has 1 N–H and O–H groups in total. The molecule has 13 heavy (non-hydrogen) atoms. The molecular weight excluding hydrogens is 166 g/mol. The molecule has 1 saturated carbocycles. The zero-order valence-electron chi connectivity index (χ0n) is 7.92. The molecule has 72 valence electrons. The van der Waals surface area contributed by atoms with Crippen LogP contribution >= 0.6 is 0 Å². The number of hydrogen-bond donors (Lipinski definition) is 1. The molecule has 0 atom stereocenters. The third-order valence-electron chi connectivity index (χ3n) is 2.07. The molecule has 0 saturated heterocycles. The molecule has 0 aromatic heterocycles. The summed E-state index contributed by atoms with van der Waals surface area (Å²) in [6.45, 7) is 3.12. The predicted octanol–water partition coefficient (Wildman–Crippen LogP) is 1.09. The first-order valence-electron chi connectivity index (χ1n) is 4.70. The molecular formula is C9H15N3O. The van der Waals surface area contributed by atoms with Crippen LogP contribution in [0.5, 0.6) is 0 Å². The van der Waals surface area contributed by atoms with Crippen LogP contribution in [0.2, 0.25) is 0 Å². The minimum absolute atomic E-state index is 0.0275. The van der Waals surface area contributed by atoms with Crippen LogP contribution in [0.15, 0.2) is 0 Å². The average Bonchev–Trinajstić information content (AvgIpc) is 2.90. The highest BCUT2D eigenvalue weighted by Crippen LogP contribution is 2.18. The zero-order chi connectivity index (χ0) is 9.68. The Balaban J connectivity index is 2.26. The summed E-state index contributed by atoms with van der Waals surface area (Å²) in [7, 11) is 0. The van der Waals surface area contributed by atoms with Crippen LogP contribution in [-0.2, 0) is 0 Å². The second kappa shape index (κ2) is 4.70. The lowest BCUT2D eigenvalue weighted by Crippen LogP contribution is -2.41. The van der Waals surface area contributed by atoms with Gasteiger partial charge in [-0.3, -0.25) is 0 Å². The number of urea groups is 1. The molecule has 0 aliphatic heterocycles. The van der Waals surface area contributed by atoms with E-state index >= 15 is 0 Å². The first-order valence-corrected chi connectivity index (χ1v) is 4.70. The lowest BCUT2D eigenvalue weighted by atomic mass is 10.4. The molecule has 0 radical (unpaired) electrons. The van der Waals surface area contributed by atoms with Gasteiger partial charge >= 0.3 is 6.03 Å². The van der Waals surface area contributed by atoms with E-state index in [9.17, 15) is 4.79 Å². The number of nitrogens with one attached hydrogen (secondary N) is 1. The minimum Gasteiger partial charge on any atom is -0.335 e. The summed E-state index contributed by atoms with van der Waals surface area (Å²) in [5.41, 5.74) is 0. The largest absolute Gasteiger partial charge is 0.335 e. The Kier molecular flexibility index (Phi) is 3.56. The highest BCUT2D eigenvalue weighted by atomic mass is 16.2. The Morgan fingerprint density at radius 2 is 2.38 bits per heavy atom. The van der Waals surface area contributed by atoms with E-state index < -0.39 is 0 Å². The quantitative estimate of drug-likeness (QED) is 0.706. The lowest BCUT2D eigenvalue weighted by molar-refractivity contribution is 0.201. The Morgan fingerprint density at radius 1 is 1.69 bits per heavy atom. The average molecular weight is 181 g/mol. The van der Waals surface area contributed by atoms with E-state index in [2.05, 4.69) is 5.32 Å². The van der Waals surface area contributed by atoms with Gasteiger partial charge in [0, 0.05) is 19.1 Å². The standard InChI is InChI=1S/C9H15N3O/c1-2-12(7-3-6-10)9(13)11-8-4-5-8/h8H,2-5,7H2,1H3,(H,11,13). The van der Waals surface area contributed by atoms with Crippen LogP contribution in [0, 0.1) is 11.3 Å². The van der Waals surface area contributed by atoms with Crippen molar-refractivity contribution in [2.45, 2.75) is 32.2 Å². The van der Waals surface area contributed by atoms with Gasteiger partial charge in [-0.2, -0.15) is 5.26 Å². The van der Waals surface area contributed by atoms with Gasteiger partial charge in [-0.25, -0.2) is 4.79 Å². The van der Waals surface area contributed by atoms with Gasteiger partial charge in [0.15, 0.2) is 0 Å². The molecule has 1 aliphatic carbocycles. The maximum absolute atomic E-state index is 11.4. The monoisotopic (exact) mass is 181 g/mol. The number of carbonyl (C=O) groups is 1. The maximum atomic E-state index is 11.4. The third-order valence-corrected chi connectivity index (χ3v) is 2.07. The van der Waals surface area contributed by atoms with E-state index in [0.29, 0.717) is 25.6 Å². The number of rotatable bonds is 4. The number of nitrogens with zero attached hydrogens (tertiary/aromatic N) is 2. The van der Waals surface area contributed by atoms with E-state index in [0.717, 1.165) is 12.8 Å². The van der Waals surface area contributed by atoms with Crippen molar-refractivity contribution >= 4 is 6.03 Å². The Morgan fingerprint density at radius 3 is 2.85 bits per heavy atom. The minimum atomic E-state index is -0.0275. The SMILES string of the molecule is CCN(CCC#N)C(=O)NC1CC1. The van der Waals surface area contributed by atoms with Gasteiger partial charge in [-0.05, 0) is 19.8 Å². The van der Waals surface area contributed by atoms with Crippen molar-refractivity contribution < 1.29 is 4.79 Å². The van der Waals surface area contributed by atoms with Crippen molar-refractivity contribution in [3.05, 3.63) is 0 Å². The number of amides is 2. The van der Waals surface area contributed by atoms with Gasteiger partial charge in [0.1, 0.15) is 0 Å². The van der Waals surface area contributed by atoms with E-state index in [1.807, 2.05) is 13.0 Å². The van der Waals surface area contributed by atoms with E-state index in [1.54, 1.807) is 4.90 Å². The van der Waals surface area contributed by atoms with Gasteiger partial charge in [0.05, 0.1) is 12.5 Å². The van der Waals surface area contributed by atoms with Crippen molar-refractivity contribution in [3.8, 4) is 6.07 Å². The van der Waals surface area contributed by atoms with Crippen molar-refractivity contribution in [3.63, 3.8) is 0 Å². The number of hydrogen-bond acceptors (Lipinski definition) is 2. The highest BCUT2D eigenvalue weighted by molar-refractivity contribution is 5.74. The van der Waals surface area contributed by atoms with Gasteiger partial charge in [0.25, 0.3) is 0 Å². The van der Waals surface area contributed by atoms with E-state index in [-0.39, 0.29) is 6.03 Å². The second-order valence-corrected chi connectivity index (χ2v) is 3.21. The summed E-state index contributed by atoms with van der Waals surface area (Å²) < 4.78 is 0. The third kappa shape index (κ3) is 3.32. The molecule has 2 amide bonds. The summed E-state index contributed by atoms with van der Waals surface area (Å²) >= 11 is 0. The summed E-state index contributed by atoms with van der Waals surface area (Å²) in [5.74, 6) is 0. The number of carbonyl (C=O) groups excluding carboxylic acids is 1. The highest BCUT2D eigenvalue weighted by Gasteiger charge is 2.25. The molecule has 4 heteroatoms. The van der Waals surface area contributed by atoms with E-state index in [4.69, 9.17) is 5.26 Å². The fourth-order valence-electron chi connectivity index (χ4n) is 1.08. The molecule has 0 aromatic rings. The van der Waals surface area contributed by atoms with Crippen molar-refractivity contribution in [2.24, 2.45) is 0 Å². The van der Waals surface area contributed by atoms with Crippen LogP contribution < -0.4 is 5.32 Å². The number of nitriles is 1. The normalized spacial score (nSPS) is 14.8. The molecule has 1 aliphatic rings. The molecule has 1 rings (SSSR count). The summed E-state index contributed by atoms with van der Waals surface area (Å²) in [6.07, 6.45) is 2.61. The van der Waals surface area contributed by atoms with Crippen LogP contribution in [0.25, 0.3) is 0 Å². The molecule has 0 heterocycles. The van der Waals surface area contributed by atoms with Gasteiger partial charge in [-0.15, -0.1) is 0 Å². The van der Waals surface area contributed by atoms with Crippen molar-refractivity contribution in [1.82, 2.24) is 10.2 Å². The lowest BCUT2D eigenvalue weighted by Gasteiger charge is -2.19. The van der Waals surface area contributed by atoms with Gasteiger partial charge in [-0.1, -0.05) is 0 Å². The van der Waals surface area contributed by atoms with Crippen LogP contribution in [0.4, 0.5) is 4.79 Å².